The Balaban J connectivity index is 2.05. The summed E-state index contributed by atoms with van der Waals surface area (Å²) in [6.07, 6.45) is 1.22. The molecule has 5 nitrogen and oxygen atoms in total. The molecular formula is C17H25N3O2. The van der Waals surface area contributed by atoms with E-state index in [0.717, 1.165) is 12.1 Å². The van der Waals surface area contributed by atoms with Gasteiger partial charge in [-0.3, -0.25) is 9.59 Å². The minimum Gasteiger partial charge on any atom is -0.350 e. The molecule has 2 amide bonds. The van der Waals surface area contributed by atoms with E-state index in [2.05, 4.69) is 12.2 Å². The average Bonchev–Trinajstić information content (AvgIpc) is 2.89. The van der Waals surface area contributed by atoms with Gasteiger partial charge < -0.3 is 16.0 Å². The standard InChI is InChI=1S/C17H25N3O2/c1-4-12-5-7-14(8-6-12)20-10-13(9-15(20)21)16(22)19-17(2,3)11-18/h5-8,13H,4,9-11,18H2,1-3H3,(H,19,22). The first-order valence-electron chi connectivity index (χ1n) is 7.77. The van der Waals surface area contributed by atoms with Crippen LogP contribution in [0.2, 0.25) is 0 Å². The third kappa shape index (κ3) is 3.65. The normalized spacial score (nSPS) is 18.6. The summed E-state index contributed by atoms with van der Waals surface area (Å²) in [4.78, 5) is 26.2. The monoisotopic (exact) mass is 303 g/mol. The highest BCUT2D eigenvalue weighted by atomic mass is 16.2. The van der Waals surface area contributed by atoms with Gasteiger partial charge in [0.05, 0.1) is 5.92 Å². The zero-order chi connectivity index (χ0) is 16.3. The van der Waals surface area contributed by atoms with Crippen LogP contribution in [0.3, 0.4) is 0 Å². The quantitative estimate of drug-likeness (QED) is 0.864. The maximum atomic E-state index is 12.3. The summed E-state index contributed by atoms with van der Waals surface area (Å²) in [6.45, 7) is 6.64. The van der Waals surface area contributed by atoms with Crippen molar-refractivity contribution in [2.45, 2.75) is 39.2 Å². The van der Waals surface area contributed by atoms with Crippen LogP contribution in [0.5, 0.6) is 0 Å². The van der Waals surface area contributed by atoms with Gasteiger partial charge in [-0.2, -0.15) is 0 Å². The van der Waals surface area contributed by atoms with Gasteiger partial charge in [-0.1, -0.05) is 19.1 Å². The Morgan fingerprint density at radius 3 is 2.55 bits per heavy atom. The summed E-state index contributed by atoms with van der Waals surface area (Å²) in [5.41, 5.74) is 7.27. The van der Waals surface area contributed by atoms with Crippen LogP contribution in [0.4, 0.5) is 5.69 Å². The second-order valence-corrected chi connectivity index (χ2v) is 6.50. The van der Waals surface area contributed by atoms with Gasteiger partial charge in [0.15, 0.2) is 0 Å². The van der Waals surface area contributed by atoms with Crippen molar-refractivity contribution in [1.82, 2.24) is 5.32 Å². The number of hydrogen-bond acceptors (Lipinski definition) is 3. The van der Waals surface area contributed by atoms with Crippen LogP contribution in [0, 0.1) is 5.92 Å². The number of carbonyl (C=O) groups excluding carboxylic acids is 2. The van der Waals surface area contributed by atoms with E-state index in [0.29, 0.717) is 13.1 Å². The molecule has 0 bridgehead atoms. The first-order valence-corrected chi connectivity index (χ1v) is 7.77. The molecule has 1 aromatic rings. The SMILES string of the molecule is CCc1ccc(N2CC(C(=O)NC(C)(C)CN)CC2=O)cc1. The van der Waals surface area contributed by atoms with E-state index < -0.39 is 5.54 Å². The predicted molar refractivity (Wildman–Crippen MR) is 87.6 cm³/mol. The Morgan fingerprint density at radius 2 is 2.00 bits per heavy atom. The molecule has 0 radical (unpaired) electrons. The molecule has 120 valence electrons. The molecule has 0 spiro atoms. The molecule has 0 aliphatic carbocycles. The van der Waals surface area contributed by atoms with Gasteiger partial charge in [-0.05, 0) is 38.0 Å². The number of aryl methyl sites for hydroxylation is 1. The lowest BCUT2D eigenvalue weighted by Crippen LogP contribution is -2.51. The third-order valence-electron chi connectivity index (χ3n) is 4.12. The second-order valence-electron chi connectivity index (χ2n) is 6.50. The molecular weight excluding hydrogens is 278 g/mol. The predicted octanol–water partition coefficient (Wildman–Crippen LogP) is 1.46. The van der Waals surface area contributed by atoms with Gasteiger partial charge in [-0.25, -0.2) is 0 Å². The fraction of sp³-hybridized carbons (Fsp3) is 0.529. The van der Waals surface area contributed by atoms with Crippen molar-refractivity contribution in [1.29, 1.82) is 0 Å². The highest BCUT2D eigenvalue weighted by Crippen LogP contribution is 2.26. The molecule has 1 aliphatic heterocycles. The smallest absolute Gasteiger partial charge is 0.227 e. The lowest BCUT2D eigenvalue weighted by molar-refractivity contribution is -0.127. The van der Waals surface area contributed by atoms with Crippen molar-refractivity contribution in [3.05, 3.63) is 29.8 Å². The second kappa shape index (κ2) is 6.48. The van der Waals surface area contributed by atoms with Gasteiger partial charge in [0, 0.05) is 30.7 Å². The van der Waals surface area contributed by atoms with E-state index >= 15 is 0 Å². The van der Waals surface area contributed by atoms with Gasteiger partial charge in [0.1, 0.15) is 0 Å². The van der Waals surface area contributed by atoms with Crippen molar-refractivity contribution in [3.8, 4) is 0 Å². The number of hydrogen-bond donors (Lipinski definition) is 2. The molecule has 3 N–H and O–H groups in total. The Bertz CT molecular complexity index is 552. The highest BCUT2D eigenvalue weighted by molar-refractivity contribution is 6.00. The molecule has 1 unspecified atom stereocenters. The first kappa shape index (κ1) is 16.5. The maximum Gasteiger partial charge on any atom is 0.227 e. The first-order chi connectivity index (χ1) is 10.4. The molecule has 1 heterocycles. The van der Waals surface area contributed by atoms with Crippen LogP contribution < -0.4 is 16.0 Å². The minimum atomic E-state index is -0.448. The van der Waals surface area contributed by atoms with Crippen molar-refractivity contribution >= 4 is 17.5 Å². The van der Waals surface area contributed by atoms with Crippen molar-refractivity contribution in [2.24, 2.45) is 11.7 Å². The summed E-state index contributed by atoms with van der Waals surface area (Å²) in [6, 6.07) is 7.93. The summed E-state index contributed by atoms with van der Waals surface area (Å²) >= 11 is 0. The number of amides is 2. The zero-order valence-corrected chi connectivity index (χ0v) is 13.6. The van der Waals surface area contributed by atoms with Gasteiger partial charge in [0.25, 0.3) is 0 Å². The topological polar surface area (TPSA) is 75.4 Å². The van der Waals surface area contributed by atoms with Gasteiger partial charge in [-0.15, -0.1) is 0 Å². The molecule has 1 fully saturated rings. The molecule has 1 atom stereocenters. The van der Waals surface area contributed by atoms with E-state index in [1.54, 1.807) is 4.90 Å². The highest BCUT2D eigenvalue weighted by Gasteiger charge is 2.36. The Morgan fingerprint density at radius 1 is 1.36 bits per heavy atom. The maximum absolute atomic E-state index is 12.3. The van der Waals surface area contributed by atoms with Crippen molar-refractivity contribution in [2.75, 3.05) is 18.0 Å². The summed E-state index contributed by atoms with van der Waals surface area (Å²) in [7, 11) is 0. The Hall–Kier alpha value is -1.88. The van der Waals surface area contributed by atoms with Crippen LogP contribution in [-0.4, -0.2) is 30.4 Å². The molecule has 0 aromatic heterocycles. The van der Waals surface area contributed by atoms with Gasteiger partial charge >= 0.3 is 0 Å². The number of nitrogens with two attached hydrogens (primary N) is 1. The lowest BCUT2D eigenvalue weighted by atomic mass is 10.0. The zero-order valence-electron chi connectivity index (χ0n) is 13.6. The average molecular weight is 303 g/mol. The molecule has 1 aliphatic rings. The van der Waals surface area contributed by atoms with E-state index in [-0.39, 0.29) is 24.2 Å². The summed E-state index contributed by atoms with van der Waals surface area (Å²) < 4.78 is 0. The molecule has 2 rings (SSSR count). The van der Waals surface area contributed by atoms with E-state index in [1.165, 1.54) is 5.56 Å². The fourth-order valence-electron chi connectivity index (χ4n) is 2.53. The minimum absolute atomic E-state index is 0.00467. The molecule has 5 heteroatoms. The van der Waals surface area contributed by atoms with Crippen LogP contribution >= 0.6 is 0 Å². The van der Waals surface area contributed by atoms with Crippen molar-refractivity contribution < 1.29 is 9.59 Å². The van der Waals surface area contributed by atoms with E-state index in [4.69, 9.17) is 5.73 Å². The van der Waals surface area contributed by atoms with Crippen LogP contribution in [0.25, 0.3) is 0 Å². The summed E-state index contributed by atoms with van der Waals surface area (Å²) in [5, 5.41) is 2.92. The van der Waals surface area contributed by atoms with Crippen LogP contribution in [0.15, 0.2) is 24.3 Å². The Kier molecular flexibility index (Phi) is 4.86. The fourth-order valence-corrected chi connectivity index (χ4v) is 2.53. The molecule has 1 saturated heterocycles. The van der Waals surface area contributed by atoms with Crippen LogP contribution in [0.1, 0.15) is 32.8 Å². The van der Waals surface area contributed by atoms with Gasteiger partial charge in [0.2, 0.25) is 11.8 Å². The number of nitrogens with zero attached hydrogens (tertiary/aromatic N) is 1. The number of nitrogens with one attached hydrogen (secondary N) is 1. The largest absolute Gasteiger partial charge is 0.350 e. The van der Waals surface area contributed by atoms with E-state index in [9.17, 15) is 9.59 Å². The number of rotatable bonds is 5. The third-order valence-corrected chi connectivity index (χ3v) is 4.12. The number of anilines is 1. The summed E-state index contributed by atoms with van der Waals surface area (Å²) in [5.74, 6) is -0.421. The molecule has 22 heavy (non-hydrogen) atoms. The Labute approximate surface area is 131 Å². The van der Waals surface area contributed by atoms with E-state index in [1.807, 2.05) is 38.1 Å². The van der Waals surface area contributed by atoms with Crippen LogP contribution in [-0.2, 0) is 16.0 Å². The number of benzene rings is 1. The molecule has 1 aromatic carbocycles. The lowest BCUT2D eigenvalue weighted by Gasteiger charge is -2.26. The van der Waals surface area contributed by atoms with Crippen molar-refractivity contribution in [3.63, 3.8) is 0 Å². The molecule has 0 saturated carbocycles. The number of carbonyl (C=O) groups is 2.